The highest BCUT2D eigenvalue weighted by molar-refractivity contribution is 6.14. The van der Waals surface area contributed by atoms with Crippen LogP contribution < -0.4 is 10.2 Å². The summed E-state index contributed by atoms with van der Waals surface area (Å²) in [5.74, 6) is -0.655. The molecule has 150 valence electrons. The van der Waals surface area contributed by atoms with Crippen molar-refractivity contribution < 1.29 is 14.0 Å². The van der Waals surface area contributed by atoms with Crippen LogP contribution in [0.1, 0.15) is 35.3 Å². The molecule has 2 heterocycles. The van der Waals surface area contributed by atoms with Crippen LogP contribution in [-0.2, 0) is 18.3 Å². The van der Waals surface area contributed by atoms with Crippen molar-refractivity contribution in [2.45, 2.75) is 25.7 Å². The van der Waals surface area contributed by atoms with E-state index in [2.05, 4.69) is 17.4 Å². The fraction of sp³-hybridized carbons (Fsp3) is 0.304. The number of benzene rings is 2. The maximum atomic E-state index is 13.9. The Kier molecular flexibility index (Phi) is 5.34. The second-order valence-electron chi connectivity index (χ2n) is 7.41. The van der Waals surface area contributed by atoms with Gasteiger partial charge in [-0.3, -0.25) is 9.59 Å². The lowest BCUT2D eigenvalue weighted by atomic mass is 10.1. The molecule has 1 aliphatic heterocycles. The van der Waals surface area contributed by atoms with Crippen LogP contribution >= 0.6 is 0 Å². The van der Waals surface area contributed by atoms with Crippen molar-refractivity contribution in [3.8, 4) is 0 Å². The number of hydrogen-bond donors (Lipinski definition) is 1. The number of anilines is 1. The average Bonchev–Trinajstić information content (AvgIpc) is 3.26. The third-order valence-corrected chi connectivity index (χ3v) is 5.46. The summed E-state index contributed by atoms with van der Waals surface area (Å²) in [5, 5.41) is 3.57. The van der Waals surface area contributed by atoms with Gasteiger partial charge in [0.1, 0.15) is 11.5 Å². The smallest absolute Gasteiger partial charge is 0.270 e. The standard InChI is InChI=1S/C23H24FN3O2/c1-26-19-12-11-17(24)15-18(19)21(27-14-6-10-20(27)28)22(26)23(29)25-13-5-9-16-7-3-2-4-8-16/h2-4,7-8,11-12,15H,5-6,9-10,13-14H2,1H3,(H,25,29). The van der Waals surface area contributed by atoms with E-state index in [0.29, 0.717) is 36.3 Å². The molecule has 0 bridgehead atoms. The molecule has 0 unspecified atom stereocenters. The number of amides is 2. The van der Waals surface area contributed by atoms with E-state index >= 15 is 0 Å². The van der Waals surface area contributed by atoms with Gasteiger partial charge in [0.15, 0.2) is 0 Å². The molecular formula is C23H24FN3O2. The van der Waals surface area contributed by atoms with E-state index in [-0.39, 0.29) is 17.6 Å². The molecule has 1 N–H and O–H groups in total. The largest absolute Gasteiger partial charge is 0.351 e. The quantitative estimate of drug-likeness (QED) is 0.648. The molecule has 1 aliphatic rings. The molecule has 1 aromatic heterocycles. The van der Waals surface area contributed by atoms with Gasteiger partial charge in [0.25, 0.3) is 5.91 Å². The van der Waals surface area contributed by atoms with Gasteiger partial charge in [0.2, 0.25) is 5.91 Å². The van der Waals surface area contributed by atoms with Gasteiger partial charge in [-0.25, -0.2) is 4.39 Å². The number of carbonyl (C=O) groups is 2. The highest BCUT2D eigenvalue weighted by Crippen LogP contribution is 2.36. The van der Waals surface area contributed by atoms with Crippen molar-refractivity contribution in [3.05, 3.63) is 65.6 Å². The lowest BCUT2D eigenvalue weighted by Gasteiger charge is -2.18. The summed E-state index contributed by atoms with van der Waals surface area (Å²) < 4.78 is 15.7. The number of hydrogen-bond acceptors (Lipinski definition) is 2. The van der Waals surface area contributed by atoms with E-state index < -0.39 is 0 Å². The molecule has 0 aliphatic carbocycles. The summed E-state index contributed by atoms with van der Waals surface area (Å²) in [6.07, 6.45) is 2.87. The fourth-order valence-corrected chi connectivity index (χ4v) is 4.04. The van der Waals surface area contributed by atoms with Gasteiger partial charge in [0.05, 0.1) is 11.2 Å². The molecule has 0 radical (unpaired) electrons. The van der Waals surface area contributed by atoms with E-state index in [9.17, 15) is 14.0 Å². The van der Waals surface area contributed by atoms with Crippen LogP contribution in [0.25, 0.3) is 10.9 Å². The van der Waals surface area contributed by atoms with Gasteiger partial charge >= 0.3 is 0 Å². The number of nitrogens with zero attached hydrogens (tertiary/aromatic N) is 2. The Morgan fingerprint density at radius 1 is 1.17 bits per heavy atom. The number of rotatable bonds is 6. The van der Waals surface area contributed by atoms with Crippen molar-refractivity contribution in [1.29, 1.82) is 0 Å². The summed E-state index contributed by atoms with van der Waals surface area (Å²) in [7, 11) is 1.78. The number of carbonyl (C=O) groups excluding carboxylic acids is 2. The first-order valence-electron chi connectivity index (χ1n) is 9.96. The van der Waals surface area contributed by atoms with Crippen LogP contribution in [0.15, 0.2) is 48.5 Å². The monoisotopic (exact) mass is 393 g/mol. The zero-order chi connectivity index (χ0) is 20.4. The fourth-order valence-electron chi connectivity index (χ4n) is 4.04. The van der Waals surface area contributed by atoms with Gasteiger partial charge < -0.3 is 14.8 Å². The molecule has 1 fully saturated rings. The second-order valence-corrected chi connectivity index (χ2v) is 7.41. The predicted molar refractivity (Wildman–Crippen MR) is 112 cm³/mol. The minimum atomic E-state index is -0.384. The third-order valence-electron chi connectivity index (χ3n) is 5.46. The average molecular weight is 393 g/mol. The van der Waals surface area contributed by atoms with E-state index in [1.54, 1.807) is 22.6 Å². The lowest BCUT2D eigenvalue weighted by Crippen LogP contribution is -2.31. The Hall–Kier alpha value is -3.15. The molecule has 29 heavy (non-hydrogen) atoms. The van der Waals surface area contributed by atoms with Gasteiger partial charge in [-0.15, -0.1) is 0 Å². The Morgan fingerprint density at radius 3 is 2.69 bits per heavy atom. The summed E-state index contributed by atoms with van der Waals surface area (Å²) in [5.41, 5.74) is 2.88. The zero-order valence-electron chi connectivity index (χ0n) is 16.5. The molecule has 6 heteroatoms. The Labute approximate surface area is 169 Å². The minimum Gasteiger partial charge on any atom is -0.351 e. The van der Waals surface area contributed by atoms with Gasteiger partial charge in [-0.05, 0) is 43.0 Å². The maximum absolute atomic E-state index is 13.9. The second kappa shape index (κ2) is 8.07. The topological polar surface area (TPSA) is 54.3 Å². The van der Waals surface area contributed by atoms with Crippen molar-refractivity contribution in [3.63, 3.8) is 0 Å². The van der Waals surface area contributed by atoms with Crippen LogP contribution in [0.5, 0.6) is 0 Å². The third kappa shape index (κ3) is 3.75. The van der Waals surface area contributed by atoms with Gasteiger partial charge in [0, 0.05) is 31.9 Å². The summed E-state index contributed by atoms with van der Waals surface area (Å²) in [4.78, 5) is 27.1. The molecule has 2 amide bonds. The summed E-state index contributed by atoms with van der Waals surface area (Å²) in [6.45, 7) is 1.07. The van der Waals surface area contributed by atoms with Crippen molar-refractivity contribution in [2.75, 3.05) is 18.0 Å². The van der Waals surface area contributed by atoms with E-state index in [0.717, 1.165) is 24.8 Å². The lowest BCUT2D eigenvalue weighted by molar-refractivity contribution is -0.117. The first-order chi connectivity index (χ1) is 14.1. The maximum Gasteiger partial charge on any atom is 0.270 e. The molecular weight excluding hydrogens is 369 g/mol. The highest BCUT2D eigenvalue weighted by atomic mass is 19.1. The van der Waals surface area contributed by atoms with E-state index in [1.807, 2.05) is 18.2 Å². The zero-order valence-corrected chi connectivity index (χ0v) is 16.5. The molecule has 2 aromatic carbocycles. The van der Waals surface area contributed by atoms with Crippen LogP contribution in [0.3, 0.4) is 0 Å². The first kappa shape index (κ1) is 19.2. The summed E-state index contributed by atoms with van der Waals surface area (Å²) >= 11 is 0. The van der Waals surface area contributed by atoms with E-state index in [1.165, 1.54) is 17.7 Å². The number of halogens is 1. The van der Waals surface area contributed by atoms with E-state index in [4.69, 9.17) is 0 Å². The van der Waals surface area contributed by atoms with Gasteiger partial charge in [-0.2, -0.15) is 0 Å². The normalized spacial score (nSPS) is 14.0. The van der Waals surface area contributed by atoms with Crippen LogP contribution in [0.2, 0.25) is 0 Å². The van der Waals surface area contributed by atoms with Crippen molar-refractivity contribution in [2.24, 2.45) is 7.05 Å². The molecule has 0 spiro atoms. The van der Waals surface area contributed by atoms with Gasteiger partial charge in [-0.1, -0.05) is 30.3 Å². The van der Waals surface area contributed by atoms with Crippen LogP contribution in [0.4, 0.5) is 10.1 Å². The minimum absolute atomic E-state index is 0.0279. The molecule has 1 saturated heterocycles. The predicted octanol–water partition coefficient (Wildman–Crippen LogP) is 3.81. The molecule has 5 nitrogen and oxygen atoms in total. The van der Waals surface area contributed by atoms with Crippen molar-refractivity contribution in [1.82, 2.24) is 9.88 Å². The Bertz CT molecular complexity index is 1060. The number of aromatic nitrogens is 1. The molecule has 4 rings (SSSR count). The number of aryl methyl sites for hydroxylation is 2. The Morgan fingerprint density at radius 2 is 1.97 bits per heavy atom. The molecule has 0 atom stereocenters. The van der Waals surface area contributed by atoms with Crippen LogP contribution in [0, 0.1) is 5.82 Å². The SMILES string of the molecule is Cn1c(C(=O)NCCCc2ccccc2)c(N2CCCC2=O)c2cc(F)ccc21. The molecule has 0 saturated carbocycles. The molecule has 3 aromatic rings. The number of nitrogens with one attached hydrogen (secondary N) is 1. The Balaban J connectivity index is 1.59. The number of fused-ring (bicyclic) bond motifs is 1. The van der Waals surface area contributed by atoms with Crippen LogP contribution in [-0.4, -0.2) is 29.5 Å². The first-order valence-corrected chi connectivity index (χ1v) is 9.96. The van der Waals surface area contributed by atoms with Crippen molar-refractivity contribution >= 4 is 28.4 Å². The summed E-state index contributed by atoms with van der Waals surface area (Å²) in [6, 6.07) is 14.6. The highest BCUT2D eigenvalue weighted by Gasteiger charge is 2.31.